The quantitative estimate of drug-likeness (QED) is 0.851. The first kappa shape index (κ1) is 13.9. The average molecular weight is 253 g/mol. The lowest BCUT2D eigenvalue weighted by atomic mass is 9.97. The predicted molar refractivity (Wildman–Crippen MR) is 63.2 cm³/mol. The highest BCUT2D eigenvalue weighted by Gasteiger charge is 2.21. The summed E-state index contributed by atoms with van der Waals surface area (Å²) < 4.78 is 27.1. The summed E-state index contributed by atoms with van der Waals surface area (Å²) in [4.78, 5) is 11.3. The monoisotopic (exact) mass is 253 g/mol. The molecule has 1 aromatic rings. The van der Waals surface area contributed by atoms with Gasteiger partial charge in [-0.05, 0) is 12.0 Å². The van der Waals surface area contributed by atoms with E-state index < -0.39 is 17.7 Å². The number of carbonyl (C=O) groups is 1. The zero-order valence-electron chi connectivity index (χ0n) is 10.3. The van der Waals surface area contributed by atoms with Gasteiger partial charge in [-0.15, -0.1) is 0 Å². The number of benzene rings is 1. The highest BCUT2D eigenvalue weighted by molar-refractivity contribution is 5.91. The maximum Gasteiger partial charge on any atom is 0.319 e. The lowest BCUT2D eigenvalue weighted by Gasteiger charge is -2.16. The smallest absolute Gasteiger partial charge is 0.319 e. The first-order valence-corrected chi connectivity index (χ1v) is 5.33. The third-order valence-electron chi connectivity index (χ3n) is 2.42. The minimum atomic E-state index is -1.10. The molecule has 0 aliphatic rings. The fourth-order valence-electron chi connectivity index (χ4n) is 1.59. The number of amides is 2. The molecule has 4 nitrogen and oxygen atoms in total. The van der Waals surface area contributed by atoms with Crippen LogP contribution in [0.15, 0.2) is 6.07 Å². The summed E-state index contributed by atoms with van der Waals surface area (Å²) in [6.45, 7) is 3.29. The van der Waals surface area contributed by atoms with Crippen LogP contribution in [0.4, 0.5) is 19.3 Å². The molecule has 2 amide bonds. The van der Waals surface area contributed by atoms with Gasteiger partial charge in [0.05, 0.1) is 11.3 Å². The van der Waals surface area contributed by atoms with Crippen LogP contribution in [-0.4, -0.2) is 13.1 Å². The van der Waals surface area contributed by atoms with Crippen LogP contribution < -0.4 is 10.6 Å². The summed E-state index contributed by atoms with van der Waals surface area (Å²) in [6.07, 6.45) is 0. The van der Waals surface area contributed by atoms with Gasteiger partial charge in [0.25, 0.3) is 0 Å². The number of hydrogen-bond acceptors (Lipinski definition) is 2. The Balaban J connectivity index is 3.49. The molecule has 2 N–H and O–H groups in total. The van der Waals surface area contributed by atoms with Crippen molar-refractivity contribution < 1.29 is 13.6 Å². The molecule has 0 unspecified atom stereocenters. The predicted octanol–water partition coefficient (Wildman–Crippen LogP) is 2.71. The van der Waals surface area contributed by atoms with Crippen molar-refractivity contribution in [2.75, 3.05) is 12.4 Å². The molecule has 0 atom stereocenters. The second-order valence-corrected chi connectivity index (χ2v) is 3.98. The lowest BCUT2D eigenvalue weighted by Crippen LogP contribution is -2.26. The van der Waals surface area contributed by atoms with Crippen LogP contribution >= 0.6 is 0 Å². The number of rotatable bonds is 2. The van der Waals surface area contributed by atoms with Crippen molar-refractivity contribution in [1.82, 2.24) is 5.32 Å². The third kappa shape index (κ3) is 2.56. The fourth-order valence-corrected chi connectivity index (χ4v) is 1.59. The van der Waals surface area contributed by atoms with Gasteiger partial charge in [-0.3, -0.25) is 0 Å². The van der Waals surface area contributed by atoms with E-state index in [0.717, 1.165) is 6.07 Å². The summed E-state index contributed by atoms with van der Waals surface area (Å²) in [5.41, 5.74) is -0.123. The molecule has 0 bridgehead atoms. The SMILES string of the molecule is CNC(=O)Nc1c(C#N)cc(F)c(F)c1C(C)C. The average Bonchev–Trinajstić information content (AvgIpc) is 2.32. The molecule has 0 fully saturated rings. The Morgan fingerprint density at radius 2 is 2.06 bits per heavy atom. The molecular formula is C12H13F2N3O. The molecule has 6 heteroatoms. The highest BCUT2D eigenvalue weighted by Crippen LogP contribution is 2.32. The lowest BCUT2D eigenvalue weighted by molar-refractivity contribution is 0.254. The van der Waals surface area contributed by atoms with Gasteiger partial charge in [0.1, 0.15) is 6.07 Å². The molecule has 0 saturated heterocycles. The molecule has 0 aliphatic carbocycles. The number of nitrogens with zero attached hydrogens (tertiary/aromatic N) is 1. The molecule has 0 aliphatic heterocycles. The number of halogens is 2. The number of urea groups is 1. The van der Waals surface area contributed by atoms with E-state index in [-0.39, 0.29) is 22.7 Å². The fraction of sp³-hybridized carbons (Fsp3) is 0.333. The molecule has 0 spiro atoms. The van der Waals surface area contributed by atoms with Crippen LogP contribution in [0.1, 0.15) is 30.9 Å². The number of nitriles is 1. The number of hydrogen-bond donors (Lipinski definition) is 2. The highest BCUT2D eigenvalue weighted by atomic mass is 19.2. The van der Waals surface area contributed by atoms with Crippen molar-refractivity contribution in [3.8, 4) is 6.07 Å². The third-order valence-corrected chi connectivity index (χ3v) is 2.42. The van der Waals surface area contributed by atoms with E-state index in [1.807, 2.05) is 0 Å². The van der Waals surface area contributed by atoms with E-state index in [1.54, 1.807) is 19.9 Å². The van der Waals surface area contributed by atoms with Gasteiger partial charge in [0.2, 0.25) is 0 Å². The topological polar surface area (TPSA) is 64.9 Å². The van der Waals surface area contributed by atoms with E-state index in [0.29, 0.717) is 0 Å². The minimum absolute atomic E-state index is 0.00532. The molecule has 0 aromatic heterocycles. The molecular weight excluding hydrogens is 240 g/mol. The summed E-state index contributed by atoms with van der Waals surface area (Å²) >= 11 is 0. The Bertz CT molecular complexity index is 521. The van der Waals surface area contributed by atoms with Gasteiger partial charge in [0.15, 0.2) is 11.6 Å². The van der Waals surface area contributed by atoms with Crippen molar-refractivity contribution in [3.05, 3.63) is 28.8 Å². The Morgan fingerprint density at radius 3 is 2.50 bits per heavy atom. The number of carbonyl (C=O) groups excluding carboxylic acids is 1. The van der Waals surface area contributed by atoms with Crippen LogP contribution in [-0.2, 0) is 0 Å². The van der Waals surface area contributed by atoms with E-state index in [9.17, 15) is 13.6 Å². The Morgan fingerprint density at radius 1 is 1.44 bits per heavy atom. The van der Waals surface area contributed by atoms with Crippen molar-refractivity contribution in [3.63, 3.8) is 0 Å². The van der Waals surface area contributed by atoms with Crippen molar-refractivity contribution in [1.29, 1.82) is 5.26 Å². The minimum Gasteiger partial charge on any atom is -0.341 e. The van der Waals surface area contributed by atoms with E-state index in [1.165, 1.54) is 7.05 Å². The summed E-state index contributed by atoms with van der Waals surface area (Å²) in [7, 11) is 1.39. The standard InChI is InChI=1S/C12H13F2N3O/c1-6(2)9-10(14)8(13)4-7(5-15)11(9)17-12(18)16-3/h4,6H,1-3H3,(H2,16,17,18). The Labute approximate surface area is 104 Å². The van der Waals surface area contributed by atoms with Gasteiger partial charge in [-0.25, -0.2) is 13.6 Å². The number of nitrogens with one attached hydrogen (secondary N) is 2. The van der Waals surface area contributed by atoms with Crippen LogP contribution in [0.25, 0.3) is 0 Å². The van der Waals surface area contributed by atoms with Crippen LogP contribution in [0.5, 0.6) is 0 Å². The van der Waals surface area contributed by atoms with Crippen molar-refractivity contribution in [2.24, 2.45) is 0 Å². The van der Waals surface area contributed by atoms with Crippen molar-refractivity contribution >= 4 is 11.7 Å². The molecule has 0 radical (unpaired) electrons. The summed E-state index contributed by atoms with van der Waals surface area (Å²) in [6, 6.07) is 1.91. The van der Waals surface area contributed by atoms with Gasteiger partial charge in [-0.2, -0.15) is 5.26 Å². The van der Waals surface area contributed by atoms with Crippen LogP contribution in [0.2, 0.25) is 0 Å². The molecule has 0 heterocycles. The molecule has 0 saturated carbocycles. The first-order valence-electron chi connectivity index (χ1n) is 5.33. The van der Waals surface area contributed by atoms with Crippen LogP contribution in [0, 0.1) is 23.0 Å². The van der Waals surface area contributed by atoms with E-state index in [2.05, 4.69) is 10.6 Å². The first-order chi connectivity index (χ1) is 8.42. The van der Waals surface area contributed by atoms with Gasteiger partial charge >= 0.3 is 6.03 Å². The van der Waals surface area contributed by atoms with Crippen LogP contribution in [0.3, 0.4) is 0 Å². The normalized spacial score (nSPS) is 10.1. The molecule has 96 valence electrons. The second-order valence-electron chi connectivity index (χ2n) is 3.98. The van der Waals surface area contributed by atoms with Gasteiger partial charge in [0, 0.05) is 12.6 Å². The number of anilines is 1. The summed E-state index contributed by atoms with van der Waals surface area (Å²) in [5.74, 6) is -2.52. The Kier molecular flexibility index (Phi) is 4.21. The summed E-state index contributed by atoms with van der Waals surface area (Å²) in [5, 5.41) is 13.6. The maximum atomic E-state index is 13.7. The zero-order chi connectivity index (χ0) is 13.9. The van der Waals surface area contributed by atoms with Gasteiger partial charge < -0.3 is 10.6 Å². The van der Waals surface area contributed by atoms with Gasteiger partial charge in [-0.1, -0.05) is 13.8 Å². The van der Waals surface area contributed by atoms with Crippen molar-refractivity contribution in [2.45, 2.75) is 19.8 Å². The maximum absolute atomic E-state index is 13.7. The van der Waals surface area contributed by atoms with E-state index >= 15 is 0 Å². The molecule has 18 heavy (non-hydrogen) atoms. The largest absolute Gasteiger partial charge is 0.341 e. The zero-order valence-corrected chi connectivity index (χ0v) is 10.3. The second kappa shape index (κ2) is 5.45. The molecule has 1 aromatic carbocycles. The molecule has 1 rings (SSSR count). The Hall–Kier alpha value is -2.16. The van der Waals surface area contributed by atoms with E-state index in [4.69, 9.17) is 5.26 Å².